The topological polar surface area (TPSA) is 28.2 Å². The molecule has 0 amide bonds. The fourth-order valence-electron chi connectivity index (χ4n) is 2.71. The molecule has 2 rings (SSSR count). The summed E-state index contributed by atoms with van der Waals surface area (Å²) >= 11 is 0. The second kappa shape index (κ2) is 6.62. The maximum absolute atomic E-state index is 4.42. The van der Waals surface area contributed by atoms with Crippen molar-refractivity contribution in [3.63, 3.8) is 0 Å². The number of anilines is 2. The third-order valence-electron chi connectivity index (χ3n) is 3.77. The minimum absolute atomic E-state index is 0.836. The first-order valence-corrected chi connectivity index (χ1v) is 7.13. The molecule has 1 aliphatic carbocycles. The van der Waals surface area contributed by atoms with Gasteiger partial charge in [-0.3, -0.25) is 0 Å². The summed E-state index contributed by atoms with van der Waals surface area (Å²) in [7, 11) is 4.08. The van der Waals surface area contributed by atoms with E-state index in [-0.39, 0.29) is 0 Å². The zero-order chi connectivity index (χ0) is 12.8. The van der Waals surface area contributed by atoms with Gasteiger partial charge in [-0.1, -0.05) is 25.7 Å². The molecule has 1 heterocycles. The van der Waals surface area contributed by atoms with E-state index in [0.29, 0.717) is 0 Å². The minimum Gasteiger partial charge on any atom is -0.382 e. The Morgan fingerprint density at radius 3 is 2.61 bits per heavy atom. The van der Waals surface area contributed by atoms with Gasteiger partial charge in [0, 0.05) is 26.8 Å². The van der Waals surface area contributed by atoms with Crippen molar-refractivity contribution in [1.82, 2.24) is 4.98 Å². The molecule has 1 fully saturated rings. The molecule has 1 aromatic rings. The number of rotatable bonds is 4. The van der Waals surface area contributed by atoms with Crippen LogP contribution in [0.2, 0.25) is 0 Å². The first-order valence-electron chi connectivity index (χ1n) is 7.13. The molecule has 0 saturated heterocycles. The molecule has 0 radical (unpaired) electrons. The van der Waals surface area contributed by atoms with Crippen molar-refractivity contribution in [2.24, 2.45) is 5.92 Å². The number of nitrogens with one attached hydrogen (secondary N) is 1. The lowest BCUT2D eigenvalue weighted by Crippen LogP contribution is -2.18. The first-order chi connectivity index (χ1) is 8.77. The quantitative estimate of drug-likeness (QED) is 0.825. The van der Waals surface area contributed by atoms with Crippen molar-refractivity contribution < 1.29 is 0 Å². The lowest BCUT2D eigenvalue weighted by molar-refractivity contribution is 0.483. The van der Waals surface area contributed by atoms with E-state index in [0.717, 1.165) is 24.0 Å². The van der Waals surface area contributed by atoms with Crippen molar-refractivity contribution in [2.45, 2.75) is 38.5 Å². The Hall–Kier alpha value is -1.25. The normalized spacial score (nSPS) is 17.2. The summed E-state index contributed by atoms with van der Waals surface area (Å²) in [6.07, 6.45) is 10.3. The number of hydrogen-bond acceptors (Lipinski definition) is 3. The van der Waals surface area contributed by atoms with E-state index in [1.807, 2.05) is 26.4 Å². The van der Waals surface area contributed by atoms with Crippen LogP contribution in [0.15, 0.2) is 18.3 Å². The van der Waals surface area contributed by atoms with Crippen LogP contribution >= 0.6 is 0 Å². The first kappa shape index (κ1) is 13.2. The molecule has 1 aromatic heterocycles. The van der Waals surface area contributed by atoms with E-state index in [1.165, 1.54) is 38.5 Å². The number of aromatic nitrogens is 1. The SMILES string of the molecule is CN(C)c1ncccc1NCC1CCCCCC1. The van der Waals surface area contributed by atoms with Gasteiger partial charge in [0.25, 0.3) is 0 Å². The fraction of sp³-hybridized carbons (Fsp3) is 0.667. The summed E-state index contributed by atoms with van der Waals surface area (Å²) in [6, 6.07) is 4.13. The molecule has 1 N–H and O–H groups in total. The van der Waals surface area contributed by atoms with Gasteiger partial charge in [-0.2, -0.15) is 0 Å². The van der Waals surface area contributed by atoms with Gasteiger partial charge in [-0.05, 0) is 30.9 Å². The maximum Gasteiger partial charge on any atom is 0.151 e. The van der Waals surface area contributed by atoms with Crippen LogP contribution in [0.1, 0.15) is 38.5 Å². The second-order valence-electron chi connectivity index (χ2n) is 5.51. The Morgan fingerprint density at radius 2 is 1.94 bits per heavy atom. The van der Waals surface area contributed by atoms with Crippen LogP contribution in [0.25, 0.3) is 0 Å². The van der Waals surface area contributed by atoms with Crippen LogP contribution in [-0.4, -0.2) is 25.6 Å². The van der Waals surface area contributed by atoms with Crippen LogP contribution in [-0.2, 0) is 0 Å². The molecule has 0 atom stereocenters. The monoisotopic (exact) mass is 247 g/mol. The van der Waals surface area contributed by atoms with E-state index < -0.39 is 0 Å². The molecule has 0 bridgehead atoms. The van der Waals surface area contributed by atoms with E-state index >= 15 is 0 Å². The molecule has 1 aliphatic rings. The predicted octanol–water partition coefficient (Wildman–Crippen LogP) is 3.53. The average Bonchev–Trinajstić information content (AvgIpc) is 2.65. The molecule has 0 spiro atoms. The van der Waals surface area contributed by atoms with Gasteiger partial charge < -0.3 is 10.2 Å². The summed E-state index contributed by atoms with van der Waals surface area (Å²) in [4.78, 5) is 6.49. The molecule has 0 aromatic carbocycles. The fourth-order valence-corrected chi connectivity index (χ4v) is 2.71. The zero-order valence-corrected chi connectivity index (χ0v) is 11.7. The van der Waals surface area contributed by atoms with Gasteiger partial charge >= 0.3 is 0 Å². The van der Waals surface area contributed by atoms with Gasteiger partial charge in [0.2, 0.25) is 0 Å². The molecular weight excluding hydrogens is 222 g/mol. The number of hydrogen-bond donors (Lipinski definition) is 1. The maximum atomic E-state index is 4.42. The highest BCUT2D eigenvalue weighted by molar-refractivity contribution is 5.64. The Balaban J connectivity index is 1.92. The van der Waals surface area contributed by atoms with Gasteiger partial charge in [-0.25, -0.2) is 4.98 Å². The van der Waals surface area contributed by atoms with Crippen LogP contribution in [0, 0.1) is 5.92 Å². The van der Waals surface area contributed by atoms with Crippen molar-refractivity contribution in [3.05, 3.63) is 18.3 Å². The molecular formula is C15H25N3. The summed E-state index contributed by atoms with van der Waals surface area (Å²) < 4.78 is 0. The van der Waals surface area contributed by atoms with E-state index in [1.54, 1.807) is 0 Å². The van der Waals surface area contributed by atoms with Gasteiger partial charge in [0.1, 0.15) is 0 Å². The number of pyridine rings is 1. The Kier molecular flexibility index (Phi) is 4.85. The van der Waals surface area contributed by atoms with Crippen molar-refractivity contribution >= 4 is 11.5 Å². The van der Waals surface area contributed by atoms with Crippen molar-refractivity contribution in [3.8, 4) is 0 Å². The van der Waals surface area contributed by atoms with E-state index in [4.69, 9.17) is 0 Å². The Bertz CT molecular complexity index is 355. The smallest absolute Gasteiger partial charge is 0.151 e. The highest BCUT2D eigenvalue weighted by atomic mass is 15.2. The van der Waals surface area contributed by atoms with Crippen molar-refractivity contribution in [1.29, 1.82) is 0 Å². The number of nitrogens with zero attached hydrogens (tertiary/aromatic N) is 2. The summed E-state index contributed by atoms with van der Waals surface area (Å²) in [5.41, 5.74) is 1.16. The largest absolute Gasteiger partial charge is 0.382 e. The van der Waals surface area contributed by atoms with Gasteiger partial charge in [0.15, 0.2) is 5.82 Å². The van der Waals surface area contributed by atoms with Crippen molar-refractivity contribution in [2.75, 3.05) is 30.9 Å². The molecule has 0 aliphatic heterocycles. The summed E-state index contributed by atoms with van der Waals surface area (Å²) in [6.45, 7) is 1.09. The van der Waals surface area contributed by atoms with Gasteiger partial charge in [0.05, 0.1) is 5.69 Å². The highest BCUT2D eigenvalue weighted by Gasteiger charge is 2.13. The van der Waals surface area contributed by atoms with Crippen LogP contribution in [0.3, 0.4) is 0 Å². The zero-order valence-electron chi connectivity index (χ0n) is 11.7. The summed E-state index contributed by atoms with van der Waals surface area (Å²) in [5.74, 6) is 1.87. The minimum atomic E-state index is 0.836. The highest BCUT2D eigenvalue weighted by Crippen LogP contribution is 2.25. The van der Waals surface area contributed by atoms with Gasteiger partial charge in [-0.15, -0.1) is 0 Å². The average molecular weight is 247 g/mol. The van der Waals surface area contributed by atoms with Crippen LogP contribution in [0.4, 0.5) is 11.5 Å². The standard InChI is InChI=1S/C15H25N3/c1-18(2)15-14(10-7-11-16-15)17-12-13-8-5-3-4-6-9-13/h7,10-11,13,17H,3-6,8-9,12H2,1-2H3. The lowest BCUT2D eigenvalue weighted by atomic mass is 10.0. The summed E-state index contributed by atoms with van der Waals surface area (Å²) in [5, 5.41) is 3.59. The van der Waals surface area contributed by atoms with Crippen LogP contribution in [0.5, 0.6) is 0 Å². The second-order valence-corrected chi connectivity index (χ2v) is 5.51. The predicted molar refractivity (Wildman–Crippen MR) is 78.2 cm³/mol. The Labute approximate surface area is 111 Å². The molecule has 3 heteroatoms. The molecule has 18 heavy (non-hydrogen) atoms. The Morgan fingerprint density at radius 1 is 1.22 bits per heavy atom. The third kappa shape index (κ3) is 3.62. The van der Waals surface area contributed by atoms with E-state index in [2.05, 4.69) is 21.3 Å². The molecule has 3 nitrogen and oxygen atoms in total. The lowest BCUT2D eigenvalue weighted by Gasteiger charge is -2.20. The molecule has 1 saturated carbocycles. The van der Waals surface area contributed by atoms with E-state index in [9.17, 15) is 0 Å². The molecule has 100 valence electrons. The molecule has 0 unspecified atom stereocenters. The van der Waals surface area contributed by atoms with Crippen LogP contribution < -0.4 is 10.2 Å². The third-order valence-corrected chi connectivity index (χ3v) is 3.77.